The van der Waals surface area contributed by atoms with E-state index in [2.05, 4.69) is 188 Å². The third kappa shape index (κ3) is 28.0. The summed E-state index contributed by atoms with van der Waals surface area (Å²) in [5.41, 5.74) is 18.5. The highest BCUT2D eigenvalue weighted by Crippen LogP contribution is 2.37. The summed E-state index contributed by atoms with van der Waals surface area (Å²) in [6.07, 6.45) is -4.53. The Balaban J connectivity index is 0.000000147. The van der Waals surface area contributed by atoms with E-state index in [4.69, 9.17) is 4.74 Å². The second-order valence-electron chi connectivity index (χ2n) is 30.3. The van der Waals surface area contributed by atoms with Gasteiger partial charge in [-0.3, -0.25) is 0 Å². The molecule has 0 aliphatic heterocycles. The Morgan fingerprint density at radius 2 is 0.504 bits per heavy atom. The second-order valence-corrected chi connectivity index (χ2v) is 30.3. The van der Waals surface area contributed by atoms with Crippen LogP contribution in [-0.4, -0.2) is 72.4 Å². The summed E-state index contributed by atoms with van der Waals surface area (Å²) in [6, 6.07) is 89.6. The van der Waals surface area contributed by atoms with E-state index >= 15 is 0 Å². The molecule has 0 aliphatic carbocycles. The van der Waals surface area contributed by atoms with E-state index in [1.807, 2.05) is 230 Å². The highest BCUT2D eigenvalue weighted by molar-refractivity contribution is 5.96. The number of benzene rings is 12. The van der Waals surface area contributed by atoms with E-state index in [0.717, 1.165) is 102 Å². The van der Waals surface area contributed by atoms with Crippen LogP contribution in [0.25, 0.3) is 0 Å². The molecule has 0 saturated carbocycles. The summed E-state index contributed by atoms with van der Waals surface area (Å²) in [5, 5.41) is 37.9. The summed E-state index contributed by atoms with van der Waals surface area (Å²) >= 11 is 0. The number of nitrogens with one attached hydrogen (secondary N) is 12. The summed E-state index contributed by atoms with van der Waals surface area (Å²) in [7, 11) is 0. The SMILES string of the molecule is CCOC(=O)c1ccccc1Nc1nc(Nc2cccc(C)c2)nc(Nc2cccc(C)c2)n1.Cc1cccc(Nc2nc(Nc3ccc(C(C)C)cc3)nc(Nc3cccc(C)c3)n2)c1.Cc1cccc(Nc2nc(Nc3ccc(F)cc3)nc(Nc3cccc(C)c3)n2)c1.Cc1cccc(Nc2nc(Nc3cccc(C)c3)nc(Nc3ccccc3C(F)(F)F)n2)c1. The van der Waals surface area contributed by atoms with Crippen LogP contribution in [-0.2, 0) is 10.9 Å². The van der Waals surface area contributed by atoms with Crippen molar-refractivity contribution in [3.8, 4) is 0 Å². The van der Waals surface area contributed by atoms with E-state index in [-0.39, 0.29) is 41.9 Å². The third-order valence-electron chi connectivity index (χ3n) is 18.8. The third-order valence-corrected chi connectivity index (χ3v) is 18.8. The van der Waals surface area contributed by atoms with Gasteiger partial charge in [-0.2, -0.15) is 73.0 Å². The minimum absolute atomic E-state index is 0.0352. The highest BCUT2D eigenvalue weighted by Gasteiger charge is 2.34. The van der Waals surface area contributed by atoms with Crippen molar-refractivity contribution in [2.24, 2.45) is 0 Å². The fraction of sp³-hybridized carbons (Fsp3) is 0.141. The number of hydrogen-bond donors (Lipinski definition) is 12. The average Bonchev–Trinajstić information content (AvgIpc) is 0.816. The number of ether oxygens (including phenoxy) is 1. The lowest BCUT2D eigenvalue weighted by Gasteiger charge is -2.15. The van der Waals surface area contributed by atoms with E-state index in [1.165, 1.54) is 35.9 Å². The molecule has 12 N–H and O–H groups in total. The van der Waals surface area contributed by atoms with Gasteiger partial charge in [-0.15, -0.1) is 0 Å². The molecule has 16 rings (SSSR count). The minimum atomic E-state index is -4.53. The van der Waals surface area contributed by atoms with Gasteiger partial charge in [0.1, 0.15) is 5.82 Å². The van der Waals surface area contributed by atoms with E-state index in [9.17, 15) is 22.4 Å². The number of anilines is 24. The molecule has 0 aliphatic rings. The van der Waals surface area contributed by atoms with Crippen molar-refractivity contribution >= 4 is 146 Å². The van der Waals surface area contributed by atoms with Gasteiger partial charge in [0.2, 0.25) is 71.4 Å². The number of aromatic nitrogens is 12. The molecule has 129 heavy (non-hydrogen) atoms. The number of nitrogens with zero attached hydrogens (tertiary/aromatic N) is 12. The summed E-state index contributed by atoms with van der Waals surface area (Å²) < 4.78 is 58.7. The van der Waals surface area contributed by atoms with Crippen molar-refractivity contribution < 1.29 is 27.1 Å². The standard InChI is InChI=1S/C26H26N6O2.C26H28N6.C24H21F3N6.C23H21FN6/c1-4-34-23(33)21-13-5-6-14-22(21)29-26-31-24(27-19-11-7-9-17(2)15-19)30-25(32-26)28-20-12-8-10-18(3)16-20;1-17(2)20-11-13-21(14-12-20)27-24-30-25(28-22-9-5-7-18(3)15-22)32-26(31-24)29-23-10-6-8-19(4)16-23;1-15-7-5-9-17(13-15)28-21-31-22(29-18-10-6-8-16(2)14-18)33-23(32-21)30-20-12-4-3-11-19(20)24(25,26)27;1-15-5-3-7-19(13-15)26-22-28-21(25-18-11-9-17(24)10-12-18)29-23(30-22)27-20-8-4-6-16(2)14-20/h5-16H,4H2,1-3H3,(H3,27,28,29,30,31,32);5-17H,1-4H3,(H3,27,28,29,30,31,32);3-14H,1-2H3,(H3,28,29,30,31,32,33);3-14H,1-2H3,(H3,25,26,27,28,29,30). The van der Waals surface area contributed by atoms with Gasteiger partial charge in [0.25, 0.3) is 0 Å². The molecule has 0 atom stereocenters. The maximum atomic E-state index is 13.4. The molecule has 0 radical (unpaired) electrons. The van der Waals surface area contributed by atoms with E-state index < -0.39 is 17.7 Å². The largest absolute Gasteiger partial charge is 0.462 e. The Bertz CT molecular complexity index is 6240. The van der Waals surface area contributed by atoms with Crippen molar-refractivity contribution in [2.75, 3.05) is 70.4 Å². The molecule has 30 heteroatoms. The van der Waals surface area contributed by atoms with Gasteiger partial charge in [0.15, 0.2) is 0 Å². The maximum absolute atomic E-state index is 13.4. The second kappa shape index (κ2) is 43.2. The zero-order chi connectivity index (χ0) is 90.8. The zero-order valence-electron chi connectivity index (χ0n) is 72.7. The number of para-hydroxylation sites is 2. The van der Waals surface area contributed by atoms with Crippen LogP contribution in [0.5, 0.6) is 0 Å². The molecule has 26 nitrogen and oxygen atoms in total. The monoisotopic (exact) mass is 1730 g/mol. The first-order chi connectivity index (χ1) is 62.2. The number of aryl methyl sites for hydroxylation is 8. The normalized spacial score (nSPS) is 10.7. The number of alkyl halides is 3. The Kier molecular flexibility index (Phi) is 30.2. The Hall–Kier alpha value is -16.5. The van der Waals surface area contributed by atoms with E-state index in [0.29, 0.717) is 70.4 Å². The van der Waals surface area contributed by atoms with Gasteiger partial charge in [-0.25, -0.2) is 9.18 Å². The van der Waals surface area contributed by atoms with Crippen molar-refractivity contribution in [3.05, 3.63) is 358 Å². The smallest absolute Gasteiger partial charge is 0.418 e. The Morgan fingerprint density at radius 1 is 0.279 bits per heavy atom. The fourth-order valence-corrected chi connectivity index (χ4v) is 12.8. The predicted molar refractivity (Wildman–Crippen MR) is 509 cm³/mol. The lowest BCUT2D eigenvalue weighted by molar-refractivity contribution is -0.136. The van der Waals surface area contributed by atoms with Crippen LogP contribution in [0.2, 0.25) is 0 Å². The summed E-state index contributed by atoms with van der Waals surface area (Å²) in [4.78, 5) is 66.1. The molecule has 652 valence electrons. The van der Waals surface area contributed by atoms with E-state index in [1.54, 1.807) is 37.3 Å². The van der Waals surface area contributed by atoms with Crippen molar-refractivity contribution in [1.82, 2.24) is 59.8 Å². The lowest BCUT2D eigenvalue weighted by atomic mass is 10.0. The minimum Gasteiger partial charge on any atom is -0.462 e. The van der Waals surface area contributed by atoms with Crippen LogP contribution in [0.15, 0.2) is 291 Å². The summed E-state index contributed by atoms with van der Waals surface area (Å²) in [6.45, 7) is 22.5. The molecule has 0 saturated heterocycles. The van der Waals surface area contributed by atoms with Gasteiger partial charge < -0.3 is 68.5 Å². The average molecular weight is 1730 g/mol. The number of hydrogen-bond acceptors (Lipinski definition) is 26. The molecule has 0 amide bonds. The molecule has 4 heterocycles. The predicted octanol–water partition coefficient (Wildman–Crippen LogP) is 25.3. The molecule has 4 aromatic heterocycles. The Morgan fingerprint density at radius 3 is 0.752 bits per heavy atom. The number of rotatable bonds is 27. The molecule has 16 aromatic rings. The maximum Gasteiger partial charge on any atom is 0.418 e. The van der Waals surface area contributed by atoms with Crippen LogP contribution in [0.3, 0.4) is 0 Å². The topological polar surface area (TPSA) is 325 Å². The van der Waals surface area contributed by atoms with Crippen molar-refractivity contribution in [1.29, 1.82) is 0 Å². The lowest BCUT2D eigenvalue weighted by Crippen LogP contribution is -2.11. The molecule has 0 bridgehead atoms. The van der Waals surface area contributed by atoms with Crippen LogP contribution < -0.4 is 63.8 Å². The van der Waals surface area contributed by atoms with Gasteiger partial charge in [0.05, 0.1) is 29.1 Å². The highest BCUT2D eigenvalue weighted by atomic mass is 19.4. The summed E-state index contributed by atoms with van der Waals surface area (Å²) in [5.74, 6) is 3.55. The fourth-order valence-electron chi connectivity index (χ4n) is 12.8. The van der Waals surface area contributed by atoms with Crippen LogP contribution in [0.1, 0.15) is 92.7 Å². The van der Waals surface area contributed by atoms with Crippen LogP contribution in [0, 0.1) is 61.2 Å². The quantitative estimate of drug-likeness (QED) is 0.0168. The first-order valence-corrected chi connectivity index (χ1v) is 41.3. The first kappa shape index (κ1) is 90.2. The number of esters is 1. The zero-order valence-corrected chi connectivity index (χ0v) is 72.7. The molecule has 12 aromatic carbocycles. The van der Waals surface area contributed by atoms with Gasteiger partial charge in [0, 0.05) is 56.9 Å². The molecule has 0 unspecified atom stereocenters. The molecule has 0 fully saturated rings. The first-order valence-electron chi connectivity index (χ1n) is 41.3. The molecule has 0 spiro atoms. The number of carbonyl (C=O) groups excluding carboxylic acids is 1. The Labute approximate surface area is 745 Å². The number of halogens is 4. The van der Waals surface area contributed by atoms with Crippen molar-refractivity contribution in [2.45, 2.75) is 88.3 Å². The van der Waals surface area contributed by atoms with Gasteiger partial charge in [-0.1, -0.05) is 147 Å². The van der Waals surface area contributed by atoms with Crippen molar-refractivity contribution in [3.63, 3.8) is 0 Å². The number of carbonyl (C=O) groups is 1. The van der Waals surface area contributed by atoms with Crippen LogP contribution >= 0.6 is 0 Å². The molecular formula is C99H96F4N24O2. The van der Waals surface area contributed by atoms with Crippen LogP contribution in [0.4, 0.5) is 157 Å². The van der Waals surface area contributed by atoms with Gasteiger partial charge in [-0.05, 0) is 276 Å². The van der Waals surface area contributed by atoms with Gasteiger partial charge >= 0.3 is 12.1 Å². The molecular weight excluding hydrogens is 1630 g/mol.